The van der Waals surface area contributed by atoms with E-state index in [1.807, 2.05) is 0 Å². The van der Waals surface area contributed by atoms with E-state index >= 15 is 0 Å². The number of hydrogen-bond acceptors (Lipinski definition) is 4. The number of hydrogen-bond donors (Lipinski definition) is 1. The molecule has 0 atom stereocenters. The fourth-order valence-electron chi connectivity index (χ4n) is 3.30. The fraction of sp³-hybridized carbons (Fsp3) is 0.150. The number of carboxylic acid groups (broad SMARTS) is 1. The molecule has 1 N–H and O–H groups in total. The molecule has 1 aliphatic rings. The summed E-state index contributed by atoms with van der Waals surface area (Å²) in [5.41, 5.74) is 0.828. The monoisotopic (exact) mass is 434 g/mol. The van der Waals surface area contributed by atoms with Crippen molar-refractivity contribution in [1.29, 1.82) is 0 Å². The average Bonchev–Trinajstić information content (AvgIpc) is 3.07. The SMILES string of the molecule is O=C(O)c1ccc(-n2cc(C(=O)c3c(Cl)ccnc3Cl)c3c2OCCC3)c(F)c1. The van der Waals surface area contributed by atoms with Crippen LogP contribution in [0.15, 0.2) is 36.7 Å². The van der Waals surface area contributed by atoms with Gasteiger partial charge in [-0.1, -0.05) is 23.2 Å². The first-order chi connectivity index (χ1) is 13.9. The molecule has 0 fully saturated rings. The molecule has 1 aliphatic heterocycles. The van der Waals surface area contributed by atoms with Gasteiger partial charge in [0.15, 0.2) is 5.78 Å². The number of carbonyl (C=O) groups excluding carboxylic acids is 1. The molecule has 0 aliphatic carbocycles. The standard InChI is InChI=1S/C20H13Cl2FN2O4/c21-13-5-6-24-18(22)16(13)17(26)12-9-25(19-11(12)2-1-7-29-19)15-4-3-10(20(27)28)8-14(15)23/h3-6,8-9H,1-2,7H2,(H,27,28). The minimum absolute atomic E-state index is 0.0299. The number of aromatic carboxylic acids is 1. The number of pyridine rings is 1. The van der Waals surface area contributed by atoms with Crippen molar-refractivity contribution < 1.29 is 23.8 Å². The number of ether oxygens (including phenoxy) is 1. The molecule has 2 aromatic heterocycles. The molecule has 0 saturated carbocycles. The maximum Gasteiger partial charge on any atom is 0.335 e. The number of nitrogens with zero attached hydrogens (tertiary/aromatic N) is 2. The molecule has 9 heteroatoms. The van der Waals surface area contributed by atoms with Crippen molar-refractivity contribution in [3.05, 3.63) is 74.9 Å². The third kappa shape index (κ3) is 3.36. The lowest BCUT2D eigenvalue weighted by atomic mass is 10.00. The normalized spacial score (nSPS) is 12.9. The Morgan fingerprint density at radius 3 is 2.72 bits per heavy atom. The molecular formula is C20H13Cl2FN2O4. The van der Waals surface area contributed by atoms with Crippen LogP contribution in [0.25, 0.3) is 5.69 Å². The molecule has 0 radical (unpaired) electrons. The fourth-order valence-corrected chi connectivity index (χ4v) is 3.83. The summed E-state index contributed by atoms with van der Waals surface area (Å²) in [6.07, 6.45) is 4.08. The van der Waals surface area contributed by atoms with Gasteiger partial charge in [-0.2, -0.15) is 0 Å². The lowest BCUT2D eigenvalue weighted by Gasteiger charge is -2.17. The zero-order chi connectivity index (χ0) is 20.7. The van der Waals surface area contributed by atoms with Crippen LogP contribution in [0.2, 0.25) is 10.2 Å². The number of rotatable bonds is 4. The van der Waals surface area contributed by atoms with Crippen molar-refractivity contribution in [2.75, 3.05) is 6.61 Å². The van der Waals surface area contributed by atoms with Crippen LogP contribution in [-0.2, 0) is 6.42 Å². The highest BCUT2D eigenvalue weighted by Crippen LogP contribution is 2.36. The first-order valence-corrected chi connectivity index (χ1v) is 9.39. The van der Waals surface area contributed by atoms with Crippen molar-refractivity contribution in [3.8, 4) is 11.6 Å². The van der Waals surface area contributed by atoms with Gasteiger partial charge in [0.05, 0.1) is 28.4 Å². The zero-order valence-electron chi connectivity index (χ0n) is 14.8. The van der Waals surface area contributed by atoms with Crippen LogP contribution < -0.4 is 4.74 Å². The topological polar surface area (TPSA) is 81.4 Å². The first kappa shape index (κ1) is 19.4. The quantitative estimate of drug-likeness (QED) is 0.480. The minimum Gasteiger partial charge on any atom is -0.478 e. The molecule has 0 unspecified atom stereocenters. The molecule has 0 bridgehead atoms. The second-order valence-corrected chi connectivity index (χ2v) is 7.17. The Hall–Kier alpha value is -2.90. The number of carboxylic acids is 1. The van der Waals surface area contributed by atoms with E-state index in [4.69, 9.17) is 33.0 Å². The summed E-state index contributed by atoms with van der Waals surface area (Å²) >= 11 is 12.2. The van der Waals surface area contributed by atoms with Gasteiger partial charge in [0.25, 0.3) is 0 Å². The highest BCUT2D eigenvalue weighted by Gasteiger charge is 2.29. The summed E-state index contributed by atoms with van der Waals surface area (Å²) in [7, 11) is 0. The summed E-state index contributed by atoms with van der Waals surface area (Å²) in [5.74, 6) is -2.11. The number of ketones is 1. The second kappa shape index (κ2) is 7.50. The Morgan fingerprint density at radius 2 is 2.03 bits per heavy atom. The molecule has 0 spiro atoms. The van der Waals surface area contributed by atoms with Crippen molar-refractivity contribution in [1.82, 2.24) is 9.55 Å². The summed E-state index contributed by atoms with van der Waals surface area (Å²) in [4.78, 5) is 28.2. The van der Waals surface area contributed by atoms with Crippen molar-refractivity contribution >= 4 is 35.0 Å². The highest BCUT2D eigenvalue weighted by atomic mass is 35.5. The molecular weight excluding hydrogens is 422 g/mol. The van der Waals surface area contributed by atoms with Crippen molar-refractivity contribution in [2.45, 2.75) is 12.8 Å². The van der Waals surface area contributed by atoms with Gasteiger partial charge < -0.3 is 9.84 Å². The molecule has 3 aromatic rings. The first-order valence-electron chi connectivity index (χ1n) is 8.63. The van der Waals surface area contributed by atoms with Gasteiger partial charge >= 0.3 is 5.97 Å². The van der Waals surface area contributed by atoms with E-state index in [-0.39, 0.29) is 32.6 Å². The number of benzene rings is 1. The summed E-state index contributed by atoms with van der Waals surface area (Å²) in [6.45, 7) is 0.411. The molecule has 148 valence electrons. The second-order valence-electron chi connectivity index (χ2n) is 6.41. The van der Waals surface area contributed by atoms with E-state index in [0.717, 1.165) is 6.07 Å². The molecule has 0 saturated heterocycles. The summed E-state index contributed by atoms with van der Waals surface area (Å²) < 4.78 is 21.8. The van der Waals surface area contributed by atoms with Crippen LogP contribution in [0.4, 0.5) is 4.39 Å². The maximum absolute atomic E-state index is 14.7. The van der Waals surface area contributed by atoms with Crippen LogP contribution >= 0.6 is 23.2 Å². The Balaban J connectivity index is 1.88. The Morgan fingerprint density at radius 1 is 1.24 bits per heavy atom. The van der Waals surface area contributed by atoms with Gasteiger partial charge in [0, 0.05) is 23.5 Å². The maximum atomic E-state index is 14.7. The van der Waals surface area contributed by atoms with Gasteiger partial charge in [-0.3, -0.25) is 9.36 Å². The van der Waals surface area contributed by atoms with E-state index in [9.17, 15) is 14.0 Å². The van der Waals surface area contributed by atoms with E-state index in [1.54, 1.807) is 0 Å². The average molecular weight is 435 g/mol. The molecule has 0 amide bonds. The van der Waals surface area contributed by atoms with Gasteiger partial charge in [0.2, 0.25) is 5.88 Å². The number of carbonyl (C=O) groups is 2. The molecule has 6 nitrogen and oxygen atoms in total. The molecule has 1 aromatic carbocycles. The predicted molar refractivity (Wildman–Crippen MR) is 104 cm³/mol. The van der Waals surface area contributed by atoms with Crippen LogP contribution in [0, 0.1) is 5.82 Å². The number of aromatic nitrogens is 2. The molecule has 29 heavy (non-hydrogen) atoms. The Kier molecular flexibility index (Phi) is 5.02. The third-order valence-electron chi connectivity index (χ3n) is 4.65. The van der Waals surface area contributed by atoms with Crippen LogP contribution in [0.5, 0.6) is 5.88 Å². The zero-order valence-corrected chi connectivity index (χ0v) is 16.3. The lowest BCUT2D eigenvalue weighted by Crippen LogP contribution is -2.13. The largest absolute Gasteiger partial charge is 0.478 e. The van der Waals surface area contributed by atoms with E-state index in [2.05, 4.69) is 4.98 Å². The molecule has 3 heterocycles. The Bertz CT molecular complexity index is 1140. The van der Waals surface area contributed by atoms with Gasteiger partial charge in [-0.15, -0.1) is 0 Å². The summed E-state index contributed by atoms with van der Waals surface area (Å²) in [5, 5.41) is 9.17. The van der Waals surface area contributed by atoms with Crippen molar-refractivity contribution in [2.24, 2.45) is 0 Å². The van der Waals surface area contributed by atoms with E-state index < -0.39 is 17.6 Å². The van der Waals surface area contributed by atoms with E-state index in [0.29, 0.717) is 30.9 Å². The van der Waals surface area contributed by atoms with E-state index in [1.165, 1.54) is 35.2 Å². The molecule has 4 rings (SSSR count). The smallest absolute Gasteiger partial charge is 0.335 e. The van der Waals surface area contributed by atoms with Gasteiger partial charge in [0.1, 0.15) is 11.0 Å². The van der Waals surface area contributed by atoms with Gasteiger partial charge in [-0.05, 0) is 37.1 Å². The highest BCUT2D eigenvalue weighted by molar-refractivity contribution is 6.40. The summed E-state index contributed by atoms with van der Waals surface area (Å²) in [6, 6.07) is 5.00. The van der Waals surface area contributed by atoms with Crippen LogP contribution in [-0.4, -0.2) is 33.0 Å². The number of fused-ring (bicyclic) bond motifs is 1. The predicted octanol–water partition coefficient (Wildman–Crippen LogP) is 4.57. The van der Waals surface area contributed by atoms with Crippen LogP contribution in [0.1, 0.15) is 38.3 Å². The third-order valence-corrected chi connectivity index (χ3v) is 5.25. The van der Waals surface area contributed by atoms with Crippen LogP contribution in [0.3, 0.4) is 0 Å². The minimum atomic E-state index is -1.24. The lowest BCUT2D eigenvalue weighted by molar-refractivity contribution is 0.0696. The van der Waals surface area contributed by atoms with Crippen molar-refractivity contribution in [3.63, 3.8) is 0 Å². The number of halogens is 3. The Labute approximate surface area is 174 Å². The van der Waals surface area contributed by atoms with Gasteiger partial charge in [-0.25, -0.2) is 14.2 Å².